The lowest BCUT2D eigenvalue weighted by molar-refractivity contribution is -0.387. The summed E-state index contributed by atoms with van der Waals surface area (Å²) in [7, 11) is 3.67. The first-order valence-electron chi connectivity index (χ1n) is 4.61. The largest absolute Gasteiger partial charge is 0.391 e. The number of nitro groups is 1. The summed E-state index contributed by atoms with van der Waals surface area (Å²) in [5, 5.41) is 10.8. The summed E-state index contributed by atoms with van der Waals surface area (Å²) < 4.78 is 1.55. The molecule has 2 aromatic rings. The van der Waals surface area contributed by atoms with E-state index in [0.717, 1.165) is 5.82 Å². The van der Waals surface area contributed by atoms with Crippen molar-refractivity contribution < 1.29 is 4.92 Å². The Bertz CT molecular complexity index is 560. The molecule has 84 valence electrons. The fourth-order valence-electron chi connectivity index (χ4n) is 1.61. The van der Waals surface area contributed by atoms with Gasteiger partial charge in [-0.1, -0.05) is 6.07 Å². The first-order chi connectivity index (χ1) is 7.52. The maximum atomic E-state index is 10.8. The Labute approximate surface area is 91.3 Å². The maximum absolute atomic E-state index is 10.8. The van der Waals surface area contributed by atoms with Gasteiger partial charge in [0, 0.05) is 19.1 Å². The summed E-state index contributed by atoms with van der Waals surface area (Å²) in [5.74, 6) is 0.641. The molecule has 0 saturated heterocycles. The number of nitrogen functional groups attached to an aromatic ring is 1. The van der Waals surface area contributed by atoms with Gasteiger partial charge in [-0.3, -0.25) is 0 Å². The minimum absolute atomic E-state index is 0.117. The molecule has 0 bridgehead atoms. The number of nitrogens with two attached hydrogens (primary N) is 1. The van der Waals surface area contributed by atoms with E-state index in [1.165, 1.54) is 0 Å². The molecule has 0 fully saturated rings. The number of rotatable bonds is 2. The van der Waals surface area contributed by atoms with Crippen LogP contribution in [0.5, 0.6) is 0 Å². The van der Waals surface area contributed by atoms with Crippen LogP contribution in [0.2, 0.25) is 0 Å². The van der Waals surface area contributed by atoms with Crippen LogP contribution in [0.4, 0.5) is 17.6 Å². The van der Waals surface area contributed by atoms with Crippen molar-refractivity contribution in [2.45, 2.75) is 0 Å². The van der Waals surface area contributed by atoms with E-state index in [-0.39, 0.29) is 11.8 Å². The van der Waals surface area contributed by atoms with Crippen molar-refractivity contribution in [2.24, 2.45) is 0 Å². The zero-order valence-corrected chi connectivity index (χ0v) is 8.91. The summed E-state index contributed by atoms with van der Waals surface area (Å²) in [6, 6.07) is 5.17. The Morgan fingerprint density at radius 2 is 2.19 bits per heavy atom. The molecule has 0 atom stereocenters. The normalized spacial score (nSPS) is 10.6. The smallest absolute Gasteiger partial charge is 0.364 e. The van der Waals surface area contributed by atoms with E-state index in [2.05, 4.69) is 4.98 Å². The number of anilines is 2. The molecule has 2 N–H and O–H groups in total. The molecular weight excluding hydrogens is 210 g/mol. The van der Waals surface area contributed by atoms with Crippen LogP contribution in [-0.4, -0.2) is 28.4 Å². The average Bonchev–Trinajstić information content (AvgIpc) is 2.56. The van der Waals surface area contributed by atoms with Crippen molar-refractivity contribution in [2.75, 3.05) is 24.7 Å². The SMILES string of the molecule is CN(C)c1cccc2c([N+](=O)[O-])nc(N)n12. The Kier molecular flexibility index (Phi) is 2.15. The minimum Gasteiger partial charge on any atom is -0.364 e. The number of imidazole rings is 1. The van der Waals surface area contributed by atoms with Gasteiger partial charge in [-0.2, -0.15) is 0 Å². The first-order valence-corrected chi connectivity index (χ1v) is 4.61. The van der Waals surface area contributed by atoms with Crippen molar-refractivity contribution in [3.05, 3.63) is 28.3 Å². The summed E-state index contributed by atoms with van der Waals surface area (Å²) in [6.07, 6.45) is 0. The van der Waals surface area contributed by atoms with E-state index in [9.17, 15) is 10.1 Å². The third kappa shape index (κ3) is 1.33. The highest BCUT2D eigenvalue weighted by Gasteiger charge is 2.22. The molecule has 7 heteroatoms. The predicted octanol–water partition coefficient (Wildman–Crippen LogP) is 0.891. The molecule has 2 aromatic heterocycles. The predicted molar refractivity (Wildman–Crippen MR) is 60.6 cm³/mol. The third-order valence-corrected chi connectivity index (χ3v) is 2.28. The van der Waals surface area contributed by atoms with E-state index < -0.39 is 4.92 Å². The first kappa shape index (κ1) is 10.2. The molecule has 16 heavy (non-hydrogen) atoms. The van der Waals surface area contributed by atoms with Gasteiger partial charge < -0.3 is 20.7 Å². The monoisotopic (exact) mass is 221 g/mol. The van der Waals surface area contributed by atoms with Crippen molar-refractivity contribution in [1.29, 1.82) is 0 Å². The highest BCUT2D eigenvalue weighted by molar-refractivity contribution is 5.70. The summed E-state index contributed by atoms with van der Waals surface area (Å²) >= 11 is 0. The maximum Gasteiger partial charge on any atom is 0.391 e. The lowest BCUT2D eigenvalue weighted by Crippen LogP contribution is -2.13. The van der Waals surface area contributed by atoms with Gasteiger partial charge in [0.15, 0.2) is 5.52 Å². The van der Waals surface area contributed by atoms with Crippen LogP contribution in [0.25, 0.3) is 5.52 Å². The van der Waals surface area contributed by atoms with Gasteiger partial charge in [-0.25, -0.2) is 4.40 Å². The zero-order valence-electron chi connectivity index (χ0n) is 8.91. The zero-order chi connectivity index (χ0) is 11.9. The second-order valence-electron chi connectivity index (χ2n) is 3.55. The quantitative estimate of drug-likeness (QED) is 0.600. The van der Waals surface area contributed by atoms with Gasteiger partial charge in [0.1, 0.15) is 5.82 Å². The van der Waals surface area contributed by atoms with Gasteiger partial charge >= 0.3 is 11.8 Å². The molecule has 0 spiro atoms. The third-order valence-electron chi connectivity index (χ3n) is 2.28. The Balaban J connectivity index is 2.84. The van der Waals surface area contributed by atoms with E-state index >= 15 is 0 Å². The minimum atomic E-state index is -0.537. The van der Waals surface area contributed by atoms with Crippen LogP contribution in [0.15, 0.2) is 18.2 Å². The van der Waals surface area contributed by atoms with E-state index in [4.69, 9.17) is 5.73 Å². The van der Waals surface area contributed by atoms with Crippen LogP contribution < -0.4 is 10.6 Å². The fraction of sp³-hybridized carbons (Fsp3) is 0.222. The molecule has 0 aliphatic rings. The van der Waals surface area contributed by atoms with E-state index in [1.54, 1.807) is 16.5 Å². The van der Waals surface area contributed by atoms with Crippen LogP contribution in [0.3, 0.4) is 0 Å². The van der Waals surface area contributed by atoms with Crippen molar-refractivity contribution in [1.82, 2.24) is 9.38 Å². The number of nitrogens with zero attached hydrogens (tertiary/aromatic N) is 4. The molecule has 0 amide bonds. The molecule has 0 aromatic carbocycles. The molecule has 7 nitrogen and oxygen atoms in total. The van der Waals surface area contributed by atoms with Gasteiger partial charge in [-0.05, 0) is 17.1 Å². The second-order valence-corrected chi connectivity index (χ2v) is 3.55. The Hall–Kier alpha value is -2.31. The molecule has 2 heterocycles. The molecule has 0 aliphatic heterocycles. The summed E-state index contributed by atoms with van der Waals surface area (Å²) in [5.41, 5.74) is 6.07. The topological polar surface area (TPSA) is 89.7 Å². The second kappa shape index (κ2) is 3.37. The molecular formula is C9H11N5O2. The number of aromatic nitrogens is 2. The Morgan fingerprint density at radius 3 is 2.75 bits per heavy atom. The van der Waals surface area contributed by atoms with Gasteiger partial charge in [0.25, 0.3) is 0 Å². The van der Waals surface area contributed by atoms with Gasteiger partial charge in [-0.15, -0.1) is 0 Å². The van der Waals surface area contributed by atoms with Crippen LogP contribution >= 0.6 is 0 Å². The molecule has 0 saturated carbocycles. The average molecular weight is 221 g/mol. The summed E-state index contributed by atoms with van der Waals surface area (Å²) in [4.78, 5) is 15.8. The van der Waals surface area contributed by atoms with Gasteiger partial charge in [0.2, 0.25) is 0 Å². The molecule has 0 aliphatic carbocycles. The standard InChI is InChI=1S/C9H11N5O2/c1-12(2)7-5-3-4-6-8(14(15)16)11-9(10)13(6)7/h3-5H,1-2H3,(H2,10,11). The van der Waals surface area contributed by atoms with Crippen LogP contribution in [0, 0.1) is 10.1 Å². The number of hydrogen-bond acceptors (Lipinski definition) is 5. The lowest BCUT2D eigenvalue weighted by Gasteiger charge is -2.13. The Morgan fingerprint density at radius 1 is 1.50 bits per heavy atom. The number of fused-ring (bicyclic) bond motifs is 1. The van der Waals surface area contributed by atoms with Crippen molar-refractivity contribution in [3.63, 3.8) is 0 Å². The highest BCUT2D eigenvalue weighted by atomic mass is 16.6. The van der Waals surface area contributed by atoms with Crippen LogP contribution in [-0.2, 0) is 0 Å². The number of hydrogen-bond donors (Lipinski definition) is 1. The van der Waals surface area contributed by atoms with Crippen LogP contribution in [0.1, 0.15) is 0 Å². The lowest BCUT2D eigenvalue weighted by atomic mass is 10.4. The van der Waals surface area contributed by atoms with E-state index in [0.29, 0.717) is 5.52 Å². The highest BCUT2D eigenvalue weighted by Crippen LogP contribution is 2.26. The number of pyridine rings is 1. The van der Waals surface area contributed by atoms with Crippen molar-refractivity contribution >= 4 is 23.1 Å². The molecule has 0 radical (unpaired) electrons. The van der Waals surface area contributed by atoms with Crippen molar-refractivity contribution in [3.8, 4) is 0 Å². The summed E-state index contributed by atoms with van der Waals surface area (Å²) in [6.45, 7) is 0. The van der Waals surface area contributed by atoms with Gasteiger partial charge in [0.05, 0.1) is 0 Å². The molecule has 0 unspecified atom stereocenters. The van der Waals surface area contributed by atoms with E-state index in [1.807, 2.05) is 25.1 Å². The fourth-order valence-corrected chi connectivity index (χ4v) is 1.61. The molecule has 2 rings (SSSR count).